The number of aromatic nitrogens is 1. The number of benzene rings is 7. The van der Waals surface area contributed by atoms with Gasteiger partial charge in [-0.3, -0.25) is 0 Å². The van der Waals surface area contributed by atoms with Crippen LogP contribution in [0.2, 0.25) is 0 Å². The van der Waals surface area contributed by atoms with E-state index in [0.717, 1.165) is 28.1 Å². The van der Waals surface area contributed by atoms with Crippen LogP contribution in [0.4, 0.5) is 0 Å². The number of fused-ring (bicyclic) bond motifs is 6. The van der Waals surface area contributed by atoms with Gasteiger partial charge in [-0.15, -0.1) is 0 Å². The molecule has 0 atom stereocenters. The Hall–Kier alpha value is -5.53. The Labute approximate surface area is 245 Å². The second kappa shape index (κ2) is 10.1. The van der Waals surface area contributed by atoms with Crippen molar-refractivity contribution in [3.05, 3.63) is 164 Å². The second-order valence-corrected chi connectivity index (χ2v) is 10.8. The molecule has 0 saturated heterocycles. The summed E-state index contributed by atoms with van der Waals surface area (Å²) in [5, 5.41) is 7.76. The summed E-state index contributed by atoms with van der Waals surface area (Å²) in [5.74, 6) is 0. The van der Waals surface area contributed by atoms with Gasteiger partial charge in [0.15, 0.2) is 0 Å². The molecule has 0 saturated carbocycles. The molecule has 0 aliphatic heterocycles. The fourth-order valence-corrected chi connectivity index (χ4v) is 6.18. The van der Waals surface area contributed by atoms with Crippen molar-refractivity contribution in [2.75, 3.05) is 0 Å². The fraction of sp³-hybridized carbons (Fsp3) is 0. The fourth-order valence-electron chi connectivity index (χ4n) is 6.18. The van der Waals surface area contributed by atoms with Crippen molar-refractivity contribution >= 4 is 32.3 Å². The van der Waals surface area contributed by atoms with Gasteiger partial charge < -0.3 is 0 Å². The zero-order valence-corrected chi connectivity index (χ0v) is 23.0. The minimum atomic E-state index is 0.974. The lowest BCUT2D eigenvalue weighted by Gasteiger charge is -2.13. The van der Waals surface area contributed by atoms with Crippen LogP contribution in [0.25, 0.3) is 77.1 Å². The molecule has 1 heterocycles. The summed E-state index contributed by atoms with van der Waals surface area (Å²) in [5.41, 5.74) is 8.91. The third kappa shape index (κ3) is 4.24. The van der Waals surface area contributed by atoms with E-state index in [1.165, 1.54) is 49.0 Å². The SMILES string of the molecule is c1ccc(-c2cc(-c3cccc(-c4ccc5c6ccccc6c6ccccc6c5c4)c3)cc(-c3ccccc3)n2)cc1. The van der Waals surface area contributed by atoms with Crippen molar-refractivity contribution in [2.45, 2.75) is 0 Å². The van der Waals surface area contributed by atoms with Crippen LogP contribution in [0.3, 0.4) is 0 Å². The Morgan fingerprint density at radius 2 is 0.643 bits per heavy atom. The first kappa shape index (κ1) is 24.3. The molecule has 7 aromatic carbocycles. The molecule has 0 N–H and O–H groups in total. The average molecular weight is 534 g/mol. The second-order valence-electron chi connectivity index (χ2n) is 10.8. The Kier molecular flexibility index (Phi) is 5.86. The topological polar surface area (TPSA) is 12.9 Å². The van der Waals surface area contributed by atoms with Gasteiger partial charge >= 0.3 is 0 Å². The van der Waals surface area contributed by atoms with Crippen LogP contribution < -0.4 is 0 Å². The Bertz CT molecular complexity index is 2140. The summed E-state index contributed by atoms with van der Waals surface area (Å²) in [6, 6.07) is 58.6. The van der Waals surface area contributed by atoms with Gasteiger partial charge in [-0.2, -0.15) is 0 Å². The first-order chi connectivity index (χ1) is 20.8. The van der Waals surface area contributed by atoms with Crippen LogP contribution in [0.1, 0.15) is 0 Å². The van der Waals surface area contributed by atoms with Crippen LogP contribution in [-0.2, 0) is 0 Å². The molecule has 0 fully saturated rings. The standard InChI is InChI=1S/C41H27N/c1-3-12-28(13-4-1)40-26-33(27-41(42-40)29-14-5-2-6-15-29)31-17-11-16-30(24-31)32-22-23-38-36-20-8-7-18-34(36)35-19-9-10-21-37(35)39(38)25-32/h1-27H. The lowest BCUT2D eigenvalue weighted by atomic mass is 9.91. The number of rotatable bonds is 4. The van der Waals surface area contributed by atoms with Gasteiger partial charge in [-0.05, 0) is 78.8 Å². The summed E-state index contributed by atoms with van der Waals surface area (Å²) < 4.78 is 0. The van der Waals surface area contributed by atoms with Crippen molar-refractivity contribution in [3.8, 4) is 44.8 Å². The van der Waals surface area contributed by atoms with E-state index in [4.69, 9.17) is 4.98 Å². The van der Waals surface area contributed by atoms with Crippen molar-refractivity contribution < 1.29 is 0 Å². The summed E-state index contributed by atoms with van der Waals surface area (Å²) in [6.07, 6.45) is 0. The molecule has 0 unspecified atom stereocenters. The predicted molar refractivity (Wildman–Crippen MR) is 178 cm³/mol. The first-order valence-corrected chi connectivity index (χ1v) is 14.4. The van der Waals surface area contributed by atoms with E-state index in [2.05, 4.69) is 152 Å². The van der Waals surface area contributed by atoms with E-state index in [0.29, 0.717) is 0 Å². The largest absolute Gasteiger partial charge is 0.248 e. The molecule has 0 amide bonds. The molecule has 0 aliphatic carbocycles. The highest BCUT2D eigenvalue weighted by Crippen LogP contribution is 2.38. The van der Waals surface area contributed by atoms with E-state index in [1.54, 1.807) is 0 Å². The normalized spacial score (nSPS) is 11.3. The van der Waals surface area contributed by atoms with Gasteiger partial charge in [0.05, 0.1) is 11.4 Å². The van der Waals surface area contributed by atoms with Crippen molar-refractivity contribution in [1.29, 1.82) is 0 Å². The minimum Gasteiger partial charge on any atom is -0.248 e. The maximum absolute atomic E-state index is 5.07. The summed E-state index contributed by atoms with van der Waals surface area (Å²) in [6.45, 7) is 0. The molecule has 1 heteroatoms. The lowest BCUT2D eigenvalue weighted by Crippen LogP contribution is -1.91. The van der Waals surface area contributed by atoms with Gasteiger partial charge in [-0.25, -0.2) is 4.98 Å². The van der Waals surface area contributed by atoms with Crippen molar-refractivity contribution in [2.24, 2.45) is 0 Å². The van der Waals surface area contributed by atoms with Gasteiger partial charge in [0.2, 0.25) is 0 Å². The maximum atomic E-state index is 5.07. The molecular weight excluding hydrogens is 506 g/mol. The van der Waals surface area contributed by atoms with E-state index in [9.17, 15) is 0 Å². The Balaban J connectivity index is 1.29. The molecule has 1 nitrogen and oxygen atoms in total. The molecule has 8 rings (SSSR count). The predicted octanol–water partition coefficient (Wildman–Crippen LogP) is 11.2. The van der Waals surface area contributed by atoms with Crippen molar-refractivity contribution in [3.63, 3.8) is 0 Å². The summed E-state index contributed by atoms with van der Waals surface area (Å²) in [7, 11) is 0. The highest BCUT2D eigenvalue weighted by Gasteiger charge is 2.12. The quantitative estimate of drug-likeness (QED) is 0.205. The van der Waals surface area contributed by atoms with Crippen LogP contribution in [0.5, 0.6) is 0 Å². The van der Waals surface area contributed by atoms with E-state index in [-0.39, 0.29) is 0 Å². The maximum Gasteiger partial charge on any atom is 0.0715 e. The monoisotopic (exact) mass is 533 g/mol. The van der Waals surface area contributed by atoms with Crippen LogP contribution >= 0.6 is 0 Å². The molecule has 0 spiro atoms. The Morgan fingerprint density at radius 3 is 1.19 bits per heavy atom. The molecule has 0 bridgehead atoms. The molecule has 42 heavy (non-hydrogen) atoms. The summed E-state index contributed by atoms with van der Waals surface area (Å²) in [4.78, 5) is 5.07. The number of hydrogen-bond donors (Lipinski definition) is 0. The molecular formula is C41H27N. The van der Waals surface area contributed by atoms with Crippen LogP contribution in [0, 0.1) is 0 Å². The summed E-state index contributed by atoms with van der Waals surface area (Å²) >= 11 is 0. The number of hydrogen-bond acceptors (Lipinski definition) is 1. The smallest absolute Gasteiger partial charge is 0.0715 e. The third-order valence-corrected chi connectivity index (χ3v) is 8.24. The number of nitrogens with zero attached hydrogens (tertiary/aromatic N) is 1. The van der Waals surface area contributed by atoms with Gasteiger partial charge in [0.25, 0.3) is 0 Å². The van der Waals surface area contributed by atoms with E-state index in [1.807, 2.05) is 12.1 Å². The van der Waals surface area contributed by atoms with Crippen LogP contribution in [0.15, 0.2) is 164 Å². The molecule has 8 aromatic rings. The van der Waals surface area contributed by atoms with Gasteiger partial charge in [0.1, 0.15) is 0 Å². The number of pyridine rings is 1. The van der Waals surface area contributed by atoms with Crippen LogP contribution in [-0.4, -0.2) is 4.98 Å². The first-order valence-electron chi connectivity index (χ1n) is 14.4. The Morgan fingerprint density at radius 1 is 0.238 bits per heavy atom. The molecule has 0 aliphatic rings. The zero-order chi connectivity index (χ0) is 27.9. The highest BCUT2D eigenvalue weighted by molar-refractivity contribution is 6.25. The molecule has 1 aromatic heterocycles. The average Bonchev–Trinajstić information content (AvgIpc) is 3.09. The molecule has 196 valence electrons. The minimum absolute atomic E-state index is 0.974. The van der Waals surface area contributed by atoms with Gasteiger partial charge in [-0.1, -0.05) is 140 Å². The molecule has 0 radical (unpaired) electrons. The van der Waals surface area contributed by atoms with E-state index >= 15 is 0 Å². The third-order valence-electron chi connectivity index (χ3n) is 8.24. The lowest BCUT2D eigenvalue weighted by molar-refractivity contribution is 1.32. The highest BCUT2D eigenvalue weighted by atomic mass is 14.7. The zero-order valence-electron chi connectivity index (χ0n) is 23.0. The van der Waals surface area contributed by atoms with E-state index < -0.39 is 0 Å². The van der Waals surface area contributed by atoms with Crippen molar-refractivity contribution in [1.82, 2.24) is 4.98 Å². The van der Waals surface area contributed by atoms with Gasteiger partial charge in [0, 0.05) is 11.1 Å².